The van der Waals surface area contributed by atoms with Gasteiger partial charge >= 0.3 is 0 Å². The predicted octanol–water partition coefficient (Wildman–Crippen LogP) is 5.07. The second kappa shape index (κ2) is 7.75. The van der Waals surface area contributed by atoms with E-state index in [1.165, 1.54) is 16.7 Å². The Balaban J connectivity index is 2.36. The molecule has 0 aromatic heterocycles. The average molecular weight is 244 g/mol. The Bertz CT molecular complexity index is 423. The van der Waals surface area contributed by atoms with Gasteiger partial charge in [0.15, 0.2) is 0 Å². The lowest BCUT2D eigenvalue weighted by Crippen LogP contribution is -1.96. The van der Waals surface area contributed by atoms with Crippen molar-refractivity contribution in [2.75, 3.05) is 6.61 Å². The van der Waals surface area contributed by atoms with Crippen LogP contribution in [0.15, 0.2) is 47.6 Å². The van der Waals surface area contributed by atoms with Crippen molar-refractivity contribution >= 4 is 0 Å². The lowest BCUT2D eigenvalue weighted by molar-refractivity contribution is 0.359. The molecule has 0 saturated heterocycles. The van der Waals surface area contributed by atoms with E-state index in [1.54, 1.807) is 0 Å². The fourth-order valence-electron chi connectivity index (χ4n) is 1.68. The standard InChI is InChI=1S/C17H24O/c1-14(2)8-7-9-15(3)12-13-18-17-11-6-5-10-16(17)4/h5-6,8,10-12H,7,9,13H2,1-4H3/b15-12+. The van der Waals surface area contributed by atoms with Crippen molar-refractivity contribution < 1.29 is 4.74 Å². The summed E-state index contributed by atoms with van der Waals surface area (Å²) in [6.45, 7) is 9.17. The number of allylic oxidation sites excluding steroid dienone is 3. The van der Waals surface area contributed by atoms with E-state index in [0.717, 1.165) is 18.6 Å². The zero-order chi connectivity index (χ0) is 13.4. The molecule has 0 spiro atoms. The maximum atomic E-state index is 5.74. The van der Waals surface area contributed by atoms with E-state index in [9.17, 15) is 0 Å². The topological polar surface area (TPSA) is 9.23 Å². The predicted molar refractivity (Wildman–Crippen MR) is 79.1 cm³/mol. The molecule has 0 aliphatic carbocycles. The van der Waals surface area contributed by atoms with E-state index in [0.29, 0.717) is 6.61 Å². The Labute approximate surface area is 111 Å². The van der Waals surface area contributed by atoms with Gasteiger partial charge in [0, 0.05) is 0 Å². The molecule has 0 amide bonds. The lowest BCUT2D eigenvalue weighted by Gasteiger charge is -2.07. The summed E-state index contributed by atoms with van der Waals surface area (Å²) in [7, 11) is 0. The van der Waals surface area contributed by atoms with Gasteiger partial charge in [0.05, 0.1) is 0 Å². The normalized spacial score (nSPS) is 11.2. The van der Waals surface area contributed by atoms with Gasteiger partial charge in [-0.2, -0.15) is 0 Å². The number of hydrogen-bond donors (Lipinski definition) is 0. The summed E-state index contributed by atoms with van der Waals surface area (Å²) in [4.78, 5) is 0. The highest BCUT2D eigenvalue weighted by molar-refractivity contribution is 5.31. The van der Waals surface area contributed by atoms with Crippen molar-refractivity contribution in [3.05, 3.63) is 53.1 Å². The van der Waals surface area contributed by atoms with Gasteiger partial charge in [-0.05, 0) is 58.2 Å². The molecule has 0 N–H and O–H groups in total. The molecule has 0 saturated carbocycles. The van der Waals surface area contributed by atoms with Crippen LogP contribution in [-0.4, -0.2) is 6.61 Å². The second-order valence-corrected chi connectivity index (χ2v) is 4.95. The molecule has 1 heteroatoms. The van der Waals surface area contributed by atoms with Crippen LogP contribution in [0.2, 0.25) is 0 Å². The summed E-state index contributed by atoms with van der Waals surface area (Å²) in [6.07, 6.45) is 6.68. The fourth-order valence-corrected chi connectivity index (χ4v) is 1.68. The highest BCUT2D eigenvalue weighted by Crippen LogP contribution is 2.16. The van der Waals surface area contributed by atoms with Gasteiger partial charge in [0.1, 0.15) is 12.4 Å². The Morgan fingerprint density at radius 3 is 2.50 bits per heavy atom. The van der Waals surface area contributed by atoms with Gasteiger partial charge in [-0.3, -0.25) is 0 Å². The number of benzene rings is 1. The maximum Gasteiger partial charge on any atom is 0.122 e. The van der Waals surface area contributed by atoms with E-state index >= 15 is 0 Å². The van der Waals surface area contributed by atoms with E-state index < -0.39 is 0 Å². The van der Waals surface area contributed by atoms with Crippen molar-refractivity contribution in [3.8, 4) is 5.75 Å². The van der Waals surface area contributed by atoms with Crippen molar-refractivity contribution in [2.45, 2.75) is 40.5 Å². The molecule has 1 rings (SSSR count). The first kappa shape index (κ1) is 14.6. The van der Waals surface area contributed by atoms with E-state index in [-0.39, 0.29) is 0 Å². The molecule has 0 unspecified atom stereocenters. The Morgan fingerprint density at radius 1 is 1.11 bits per heavy atom. The fraction of sp³-hybridized carbons (Fsp3) is 0.412. The number of aryl methyl sites for hydroxylation is 1. The quantitative estimate of drug-likeness (QED) is 0.635. The van der Waals surface area contributed by atoms with Crippen LogP contribution in [0.3, 0.4) is 0 Å². The molecule has 0 heterocycles. The zero-order valence-corrected chi connectivity index (χ0v) is 12.0. The van der Waals surface area contributed by atoms with Crippen LogP contribution >= 0.6 is 0 Å². The van der Waals surface area contributed by atoms with Gasteiger partial charge in [0.25, 0.3) is 0 Å². The van der Waals surface area contributed by atoms with Gasteiger partial charge < -0.3 is 4.74 Å². The summed E-state index contributed by atoms with van der Waals surface area (Å²) >= 11 is 0. The second-order valence-electron chi connectivity index (χ2n) is 4.95. The molecule has 0 atom stereocenters. The first-order valence-electron chi connectivity index (χ1n) is 6.57. The molecule has 0 aliphatic rings. The number of rotatable bonds is 6. The van der Waals surface area contributed by atoms with E-state index in [2.05, 4.69) is 45.9 Å². The van der Waals surface area contributed by atoms with Crippen LogP contribution in [0.5, 0.6) is 5.75 Å². The molecular weight excluding hydrogens is 220 g/mol. The number of hydrogen-bond acceptors (Lipinski definition) is 1. The highest BCUT2D eigenvalue weighted by Gasteiger charge is 1.96. The van der Waals surface area contributed by atoms with Gasteiger partial charge in [-0.25, -0.2) is 0 Å². The molecule has 1 nitrogen and oxygen atoms in total. The van der Waals surface area contributed by atoms with Crippen LogP contribution < -0.4 is 4.74 Å². The number of para-hydroxylation sites is 1. The van der Waals surface area contributed by atoms with Crippen LogP contribution in [0.25, 0.3) is 0 Å². The average Bonchev–Trinajstić information content (AvgIpc) is 2.31. The summed E-state index contributed by atoms with van der Waals surface area (Å²) < 4.78 is 5.74. The first-order valence-corrected chi connectivity index (χ1v) is 6.57. The minimum atomic E-state index is 0.658. The Hall–Kier alpha value is -1.50. The molecule has 0 bridgehead atoms. The smallest absolute Gasteiger partial charge is 0.122 e. The van der Waals surface area contributed by atoms with Gasteiger partial charge in [-0.15, -0.1) is 0 Å². The zero-order valence-electron chi connectivity index (χ0n) is 12.0. The summed E-state index contributed by atoms with van der Waals surface area (Å²) in [5.41, 5.74) is 3.97. The molecular formula is C17H24O. The largest absolute Gasteiger partial charge is 0.489 e. The molecule has 0 radical (unpaired) electrons. The van der Waals surface area contributed by atoms with Crippen LogP contribution in [0.4, 0.5) is 0 Å². The van der Waals surface area contributed by atoms with Crippen molar-refractivity contribution in [1.29, 1.82) is 0 Å². The summed E-state index contributed by atoms with van der Waals surface area (Å²) in [5, 5.41) is 0. The van der Waals surface area contributed by atoms with Crippen LogP contribution in [0, 0.1) is 6.92 Å². The SMILES string of the molecule is CC(C)=CCC/C(C)=C/COc1ccccc1C. The third-order valence-corrected chi connectivity index (χ3v) is 2.86. The summed E-state index contributed by atoms with van der Waals surface area (Å²) in [5.74, 6) is 0.978. The molecule has 1 aromatic carbocycles. The lowest BCUT2D eigenvalue weighted by atomic mass is 10.1. The minimum absolute atomic E-state index is 0.658. The monoisotopic (exact) mass is 244 g/mol. The molecule has 98 valence electrons. The van der Waals surface area contributed by atoms with E-state index in [4.69, 9.17) is 4.74 Å². The van der Waals surface area contributed by atoms with Gasteiger partial charge in [0.2, 0.25) is 0 Å². The van der Waals surface area contributed by atoms with Crippen LogP contribution in [-0.2, 0) is 0 Å². The van der Waals surface area contributed by atoms with Gasteiger partial charge in [-0.1, -0.05) is 35.4 Å². The van der Waals surface area contributed by atoms with Crippen molar-refractivity contribution in [2.24, 2.45) is 0 Å². The minimum Gasteiger partial charge on any atom is -0.489 e. The highest BCUT2D eigenvalue weighted by atomic mass is 16.5. The first-order chi connectivity index (χ1) is 8.59. The maximum absolute atomic E-state index is 5.74. The van der Waals surface area contributed by atoms with E-state index in [1.807, 2.05) is 18.2 Å². The third-order valence-electron chi connectivity index (χ3n) is 2.86. The number of ether oxygens (including phenoxy) is 1. The summed E-state index contributed by atoms with van der Waals surface area (Å²) in [6, 6.07) is 8.12. The molecule has 0 aliphatic heterocycles. The van der Waals surface area contributed by atoms with Crippen molar-refractivity contribution in [1.82, 2.24) is 0 Å². The third kappa shape index (κ3) is 5.72. The molecule has 0 fully saturated rings. The van der Waals surface area contributed by atoms with Crippen LogP contribution in [0.1, 0.15) is 39.2 Å². The molecule has 1 aromatic rings. The molecule has 18 heavy (non-hydrogen) atoms. The Morgan fingerprint density at radius 2 is 1.83 bits per heavy atom. The van der Waals surface area contributed by atoms with Crippen molar-refractivity contribution in [3.63, 3.8) is 0 Å². The Kier molecular flexibility index (Phi) is 6.27.